The van der Waals surface area contributed by atoms with E-state index in [9.17, 15) is 9.18 Å². The molecular formula is C21H25FN2O2S. The Morgan fingerprint density at radius 2 is 1.81 bits per heavy atom. The van der Waals surface area contributed by atoms with Crippen molar-refractivity contribution in [3.8, 4) is 0 Å². The number of ether oxygens (including phenoxy) is 1. The molecule has 0 bridgehead atoms. The molecule has 0 saturated carbocycles. The molecule has 3 rings (SSSR count). The van der Waals surface area contributed by atoms with Crippen molar-refractivity contribution in [2.45, 2.75) is 17.9 Å². The number of nitrogens with zero attached hydrogens (tertiary/aromatic N) is 1. The fraction of sp³-hybridized carbons (Fsp3) is 0.381. The second kappa shape index (κ2) is 9.88. The highest BCUT2D eigenvalue weighted by molar-refractivity contribution is 8.00. The Kier molecular flexibility index (Phi) is 7.26. The van der Waals surface area contributed by atoms with Crippen molar-refractivity contribution in [2.24, 2.45) is 0 Å². The Labute approximate surface area is 164 Å². The topological polar surface area (TPSA) is 41.6 Å². The summed E-state index contributed by atoms with van der Waals surface area (Å²) in [5.41, 5.74) is 2.30. The van der Waals surface area contributed by atoms with Gasteiger partial charge in [0.1, 0.15) is 5.82 Å². The molecule has 144 valence electrons. The Morgan fingerprint density at radius 3 is 2.48 bits per heavy atom. The lowest BCUT2D eigenvalue weighted by molar-refractivity contribution is -0.119. The Hall–Kier alpha value is -1.89. The van der Waals surface area contributed by atoms with Crippen molar-refractivity contribution < 1.29 is 13.9 Å². The monoisotopic (exact) mass is 388 g/mol. The Morgan fingerprint density at radius 1 is 1.15 bits per heavy atom. The molecule has 2 aromatic carbocycles. The lowest BCUT2D eigenvalue weighted by Crippen LogP contribution is -2.43. The van der Waals surface area contributed by atoms with E-state index >= 15 is 0 Å². The first kappa shape index (κ1) is 19.9. The maximum atomic E-state index is 13.0. The lowest BCUT2D eigenvalue weighted by Gasteiger charge is -2.31. The fourth-order valence-electron chi connectivity index (χ4n) is 2.99. The number of aryl methyl sites for hydroxylation is 1. The summed E-state index contributed by atoms with van der Waals surface area (Å²) >= 11 is 1.41. The van der Waals surface area contributed by atoms with Gasteiger partial charge in [0.25, 0.3) is 0 Å². The lowest BCUT2D eigenvalue weighted by atomic mass is 10.0. The fourth-order valence-corrected chi connectivity index (χ4v) is 3.70. The summed E-state index contributed by atoms with van der Waals surface area (Å²) in [7, 11) is 0. The molecule has 6 heteroatoms. The highest BCUT2D eigenvalue weighted by atomic mass is 32.2. The van der Waals surface area contributed by atoms with Crippen LogP contribution in [-0.2, 0) is 9.53 Å². The number of rotatable bonds is 7. The van der Waals surface area contributed by atoms with Gasteiger partial charge in [-0.25, -0.2) is 4.39 Å². The van der Waals surface area contributed by atoms with Gasteiger partial charge in [0, 0.05) is 24.5 Å². The molecule has 0 spiro atoms. The number of hydrogen-bond acceptors (Lipinski definition) is 4. The summed E-state index contributed by atoms with van der Waals surface area (Å²) in [6.07, 6.45) is 0. The number of halogens is 1. The maximum Gasteiger partial charge on any atom is 0.230 e. The molecule has 27 heavy (non-hydrogen) atoms. The number of morpholine rings is 1. The zero-order valence-corrected chi connectivity index (χ0v) is 16.3. The van der Waals surface area contributed by atoms with Crippen molar-refractivity contribution in [3.63, 3.8) is 0 Å². The van der Waals surface area contributed by atoms with Crippen LogP contribution in [0.2, 0.25) is 0 Å². The van der Waals surface area contributed by atoms with E-state index in [0.717, 1.165) is 43.3 Å². The van der Waals surface area contributed by atoms with Crippen molar-refractivity contribution in [3.05, 3.63) is 65.5 Å². The molecule has 4 nitrogen and oxygen atoms in total. The van der Waals surface area contributed by atoms with Crippen LogP contribution in [0, 0.1) is 12.7 Å². The smallest absolute Gasteiger partial charge is 0.230 e. The molecule has 1 N–H and O–H groups in total. The molecule has 0 radical (unpaired) electrons. The molecule has 1 amide bonds. The van der Waals surface area contributed by atoms with Crippen molar-refractivity contribution >= 4 is 17.7 Å². The summed E-state index contributed by atoms with van der Waals surface area (Å²) in [5, 5.41) is 3.17. The van der Waals surface area contributed by atoms with Gasteiger partial charge in [0.2, 0.25) is 5.91 Å². The van der Waals surface area contributed by atoms with Crippen LogP contribution in [0.15, 0.2) is 53.4 Å². The number of nitrogens with one attached hydrogen (secondary N) is 1. The van der Waals surface area contributed by atoms with Gasteiger partial charge >= 0.3 is 0 Å². The average Bonchev–Trinajstić information content (AvgIpc) is 2.68. The first-order valence-corrected chi connectivity index (χ1v) is 10.1. The van der Waals surface area contributed by atoms with Crippen LogP contribution in [0.25, 0.3) is 0 Å². The van der Waals surface area contributed by atoms with E-state index in [4.69, 9.17) is 4.74 Å². The molecule has 1 aliphatic heterocycles. The summed E-state index contributed by atoms with van der Waals surface area (Å²) in [6, 6.07) is 14.4. The number of benzene rings is 2. The predicted molar refractivity (Wildman–Crippen MR) is 106 cm³/mol. The van der Waals surface area contributed by atoms with Gasteiger partial charge in [0.15, 0.2) is 0 Å². The molecule has 1 heterocycles. The standard InChI is InChI=1S/C21H25FN2O2S/c1-16-2-4-17(5-3-16)20(14-24-10-12-26-13-11-24)23-21(25)15-27-19-8-6-18(22)7-9-19/h2-9,20H,10-15H2,1H3,(H,23,25). The maximum absolute atomic E-state index is 13.0. The van der Waals surface area contributed by atoms with Gasteiger partial charge < -0.3 is 10.1 Å². The molecule has 2 aromatic rings. The summed E-state index contributed by atoms with van der Waals surface area (Å²) in [5.74, 6) is 0.00815. The normalized spacial score (nSPS) is 16.1. The Balaban J connectivity index is 1.61. The van der Waals surface area contributed by atoms with Crippen LogP contribution in [0.3, 0.4) is 0 Å². The van der Waals surface area contributed by atoms with E-state index in [0.29, 0.717) is 5.75 Å². The number of carbonyl (C=O) groups excluding carboxylic acids is 1. The van der Waals surface area contributed by atoms with Crippen LogP contribution >= 0.6 is 11.8 Å². The first-order valence-electron chi connectivity index (χ1n) is 9.14. The van der Waals surface area contributed by atoms with Gasteiger partial charge in [-0.2, -0.15) is 0 Å². The van der Waals surface area contributed by atoms with Crippen molar-refractivity contribution in [1.82, 2.24) is 10.2 Å². The second-order valence-electron chi connectivity index (χ2n) is 6.69. The van der Waals surface area contributed by atoms with Crippen molar-refractivity contribution in [2.75, 3.05) is 38.6 Å². The van der Waals surface area contributed by atoms with Gasteiger partial charge in [0.05, 0.1) is 25.0 Å². The van der Waals surface area contributed by atoms with E-state index in [2.05, 4.69) is 41.4 Å². The number of thioether (sulfide) groups is 1. The molecule has 1 fully saturated rings. The summed E-state index contributed by atoms with van der Waals surface area (Å²) < 4.78 is 18.4. The zero-order valence-electron chi connectivity index (χ0n) is 15.5. The van der Waals surface area contributed by atoms with Gasteiger partial charge in [-0.15, -0.1) is 11.8 Å². The number of carbonyl (C=O) groups is 1. The second-order valence-corrected chi connectivity index (χ2v) is 7.74. The molecule has 0 aliphatic carbocycles. The largest absolute Gasteiger partial charge is 0.379 e. The molecular weight excluding hydrogens is 363 g/mol. The molecule has 1 saturated heterocycles. The SMILES string of the molecule is Cc1ccc(C(CN2CCOCC2)NC(=O)CSc2ccc(F)cc2)cc1. The minimum atomic E-state index is -0.270. The minimum Gasteiger partial charge on any atom is -0.379 e. The van der Waals surface area contributed by atoms with Gasteiger partial charge in [-0.3, -0.25) is 9.69 Å². The third-order valence-electron chi connectivity index (χ3n) is 4.54. The van der Waals surface area contributed by atoms with E-state index in [1.54, 1.807) is 12.1 Å². The first-order chi connectivity index (χ1) is 13.1. The van der Waals surface area contributed by atoms with Crippen molar-refractivity contribution in [1.29, 1.82) is 0 Å². The van der Waals surface area contributed by atoms with Crippen LogP contribution < -0.4 is 5.32 Å². The highest BCUT2D eigenvalue weighted by Gasteiger charge is 2.20. The van der Waals surface area contributed by atoms with E-state index < -0.39 is 0 Å². The van der Waals surface area contributed by atoms with Crippen LogP contribution in [0.5, 0.6) is 0 Å². The molecule has 1 atom stereocenters. The van der Waals surface area contributed by atoms with Gasteiger partial charge in [-0.1, -0.05) is 29.8 Å². The summed E-state index contributed by atoms with van der Waals surface area (Å²) in [4.78, 5) is 15.7. The number of amides is 1. The van der Waals surface area contributed by atoms with E-state index in [1.807, 2.05) is 0 Å². The predicted octanol–water partition coefficient (Wildman–Crippen LogP) is 3.42. The average molecular weight is 389 g/mol. The minimum absolute atomic E-state index is 0.0249. The van der Waals surface area contributed by atoms with Gasteiger partial charge in [-0.05, 0) is 36.8 Å². The molecule has 1 aliphatic rings. The summed E-state index contributed by atoms with van der Waals surface area (Å²) in [6.45, 7) is 6.03. The quantitative estimate of drug-likeness (QED) is 0.738. The third kappa shape index (κ3) is 6.34. The third-order valence-corrected chi connectivity index (χ3v) is 5.56. The van der Waals surface area contributed by atoms with E-state index in [-0.39, 0.29) is 17.8 Å². The number of hydrogen-bond donors (Lipinski definition) is 1. The van der Waals surface area contributed by atoms with E-state index in [1.165, 1.54) is 29.5 Å². The Bertz CT molecular complexity index is 731. The van der Waals surface area contributed by atoms with Crippen LogP contribution in [0.1, 0.15) is 17.2 Å². The van der Waals surface area contributed by atoms with Crippen LogP contribution in [0.4, 0.5) is 4.39 Å². The molecule has 0 aromatic heterocycles. The zero-order chi connectivity index (χ0) is 19.1. The van der Waals surface area contributed by atoms with Crippen LogP contribution in [-0.4, -0.2) is 49.4 Å². The highest BCUT2D eigenvalue weighted by Crippen LogP contribution is 2.20. The molecule has 1 unspecified atom stereocenters.